The number of aromatic amines is 2. The lowest BCUT2D eigenvalue weighted by atomic mass is 9.97. The summed E-state index contributed by atoms with van der Waals surface area (Å²) in [7, 11) is 0. The Bertz CT molecular complexity index is 1940. The zero-order valence-electron chi connectivity index (χ0n) is 19.2. The van der Waals surface area contributed by atoms with Crippen molar-refractivity contribution >= 4 is 55.0 Å². The molecule has 3 nitrogen and oxygen atoms in total. The first kappa shape index (κ1) is 18.9. The lowest BCUT2D eigenvalue weighted by molar-refractivity contribution is 0.978. The Labute approximate surface area is 202 Å². The van der Waals surface area contributed by atoms with Crippen LogP contribution in [0.15, 0.2) is 97.1 Å². The van der Waals surface area contributed by atoms with Gasteiger partial charge >= 0.3 is 0 Å². The third-order valence-electron chi connectivity index (χ3n) is 7.63. The highest BCUT2D eigenvalue weighted by atomic mass is 14.9. The summed E-state index contributed by atoms with van der Waals surface area (Å²) in [6, 6.07) is 35.2. The number of aromatic nitrogens is 2. The number of hydrogen-bond acceptors (Lipinski definition) is 1. The molecule has 35 heavy (non-hydrogen) atoms. The molecule has 1 aliphatic rings. The summed E-state index contributed by atoms with van der Waals surface area (Å²) in [5.41, 5.74) is 12.4. The molecule has 3 heterocycles. The molecule has 0 bridgehead atoms. The molecular formula is C32H23N3. The summed E-state index contributed by atoms with van der Waals surface area (Å²) >= 11 is 0. The van der Waals surface area contributed by atoms with Gasteiger partial charge in [0.15, 0.2) is 0 Å². The van der Waals surface area contributed by atoms with Crippen molar-refractivity contribution in [1.82, 2.24) is 9.97 Å². The molecule has 1 aliphatic heterocycles. The van der Waals surface area contributed by atoms with Crippen molar-refractivity contribution < 1.29 is 0 Å². The molecule has 0 aliphatic carbocycles. The molecule has 0 unspecified atom stereocenters. The van der Waals surface area contributed by atoms with Crippen molar-refractivity contribution in [2.24, 2.45) is 0 Å². The fourth-order valence-electron chi connectivity index (χ4n) is 5.96. The van der Waals surface area contributed by atoms with Gasteiger partial charge in [-0.25, -0.2) is 0 Å². The van der Waals surface area contributed by atoms with Gasteiger partial charge in [-0.15, -0.1) is 0 Å². The standard InChI is InChI=1S/C32H23N3/c1-3-10-25-19(6-1)12-13-21-18-20(14-15-26(21)33-25)22-8-5-9-24-31-29(35-32(22)24)17-16-28-30(31)23-7-2-4-11-27(23)34-28/h1-11,14-18,33-35H,12-13H2. The average Bonchev–Trinajstić information content (AvgIpc) is 3.40. The van der Waals surface area contributed by atoms with E-state index in [2.05, 4.69) is 112 Å². The molecule has 3 N–H and O–H groups in total. The van der Waals surface area contributed by atoms with E-state index in [1.807, 2.05) is 0 Å². The van der Waals surface area contributed by atoms with Gasteiger partial charge in [-0.1, -0.05) is 60.7 Å². The Kier molecular flexibility index (Phi) is 3.78. The quantitative estimate of drug-likeness (QED) is 0.231. The van der Waals surface area contributed by atoms with E-state index in [-0.39, 0.29) is 0 Å². The van der Waals surface area contributed by atoms with Crippen LogP contribution in [0.2, 0.25) is 0 Å². The van der Waals surface area contributed by atoms with Crippen molar-refractivity contribution in [2.75, 3.05) is 5.32 Å². The smallest absolute Gasteiger partial charge is 0.0544 e. The maximum absolute atomic E-state index is 3.77. The summed E-state index contributed by atoms with van der Waals surface area (Å²) in [6.45, 7) is 0. The first-order valence-electron chi connectivity index (χ1n) is 12.3. The molecule has 5 aromatic carbocycles. The third-order valence-corrected chi connectivity index (χ3v) is 7.63. The predicted molar refractivity (Wildman–Crippen MR) is 148 cm³/mol. The Morgan fingerprint density at radius 3 is 2.23 bits per heavy atom. The number of hydrogen-bond donors (Lipinski definition) is 3. The maximum atomic E-state index is 3.77. The van der Waals surface area contributed by atoms with Gasteiger partial charge in [-0.05, 0) is 65.9 Å². The SMILES string of the molecule is c1ccc2c(c1)CCc1cc(-c3cccc4c3[nH]c3ccc5[nH]c6ccccc6c5c34)ccc1N2. The lowest BCUT2D eigenvalue weighted by Crippen LogP contribution is -1.94. The van der Waals surface area contributed by atoms with Gasteiger partial charge in [0.1, 0.15) is 0 Å². The number of anilines is 2. The van der Waals surface area contributed by atoms with Gasteiger partial charge in [0, 0.05) is 55.0 Å². The molecule has 8 rings (SSSR count). The summed E-state index contributed by atoms with van der Waals surface area (Å²) < 4.78 is 0. The molecule has 166 valence electrons. The van der Waals surface area contributed by atoms with E-state index in [9.17, 15) is 0 Å². The van der Waals surface area contributed by atoms with E-state index >= 15 is 0 Å². The van der Waals surface area contributed by atoms with Crippen molar-refractivity contribution in [3.63, 3.8) is 0 Å². The van der Waals surface area contributed by atoms with Crippen LogP contribution in [0.4, 0.5) is 11.4 Å². The summed E-state index contributed by atoms with van der Waals surface area (Å²) in [4.78, 5) is 7.37. The van der Waals surface area contributed by atoms with Crippen LogP contribution in [0.5, 0.6) is 0 Å². The summed E-state index contributed by atoms with van der Waals surface area (Å²) in [5.74, 6) is 0. The second-order valence-corrected chi connectivity index (χ2v) is 9.59. The van der Waals surface area contributed by atoms with Gasteiger partial charge in [-0.2, -0.15) is 0 Å². The fraction of sp³-hybridized carbons (Fsp3) is 0.0625. The molecule has 3 heteroatoms. The first-order chi connectivity index (χ1) is 17.3. The van der Waals surface area contributed by atoms with Gasteiger partial charge in [0.05, 0.1) is 5.52 Å². The van der Waals surface area contributed by atoms with Crippen molar-refractivity contribution in [3.05, 3.63) is 108 Å². The van der Waals surface area contributed by atoms with Gasteiger partial charge in [0.25, 0.3) is 0 Å². The largest absolute Gasteiger partial charge is 0.355 e. The number of aryl methyl sites for hydroxylation is 2. The van der Waals surface area contributed by atoms with Crippen LogP contribution in [0.25, 0.3) is 54.7 Å². The molecule has 0 saturated carbocycles. The van der Waals surface area contributed by atoms with Crippen LogP contribution in [0.1, 0.15) is 11.1 Å². The number of nitrogens with one attached hydrogen (secondary N) is 3. The van der Waals surface area contributed by atoms with E-state index in [0.29, 0.717) is 0 Å². The Morgan fingerprint density at radius 1 is 0.514 bits per heavy atom. The zero-order chi connectivity index (χ0) is 22.9. The number of fused-ring (bicyclic) bond motifs is 9. The van der Waals surface area contributed by atoms with Crippen LogP contribution >= 0.6 is 0 Å². The Morgan fingerprint density at radius 2 is 1.26 bits per heavy atom. The first-order valence-corrected chi connectivity index (χ1v) is 12.3. The van der Waals surface area contributed by atoms with Gasteiger partial charge in [0.2, 0.25) is 0 Å². The average molecular weight is 450 g/mol. The van der Waals surface area contributed by atoms with E-state index in [4.69, 9.17) is 0 Å². The number of para-hydroxylation sites is 3. The van der Waals surface area contributed by atoms with E-state index in [1.165, 1.54) is 77.2 Å². The maximum Gasteiger partial charge on any atom is 0.0544 e. The minimum absolute atomic E-state index is 1.03. The van der Waals surface area contributed by atoms with Crippen molar-refractivity contribution in [2.45, 2.75) is 12.8 Å². The number of benzene rings is 5. The van der Waals surface area contributed by atoms with Crippen molar-refractivity contribution in [3.8, 4) is 11.1 Å². The molecule has 0 radical (unpaired) electrons. The second-order valence-electron chi connectivity index (χ2n) is 9.59. The van der Waals surface area contributed by atoms with E-state index in [0.717, 1.165) is 12.8 Å². The highest BCUT2D eigenvalue weighted by Gasteiger charge is 2.17. The second kappa shape index (κ2) is 7.00. The topological polar surface area (TPSA) is 43.6 Å². The lowest BCUT2D eigenvalue weighted by Gasteiger charge is -2.12. The van der Waals surface area contributed by atoms with Crippen LogP contribution in [0, 0.1) is 0 Å². The van der Waals surface area contributed by atoms with Crippen LogP contribution in [-0.2, 0) is 12.8 Å². The highest BCUT2D eigenvalue weighted by Crippen LogP contribution is 2.40. The zero-order valence-corrected chi connectivity index (χ0v) is 19.2. The highest BCUT2D eigenvalue weighted by molar-refractivity contribution is 6.28. The summed E-state index contributed by atoms with van der Waals surface area (Å²) in [5, 5.41) is 8.80. The molecule has 0 amide bonds. The van der Waals surface area contributed by atoms with Crippen LogP contribution in [-0.4, -0.2) is 9.97 Å². The van der Waals surface area contributed by atoms with Crippen LogP contribution < -0.4 is 5.32 Å². The molecule has 2 aromatic heterocycles. The fourth-order valence-corrected chi connectivity index (χ4v) is 5.96. The van der Waals surface area contributed by atoms with Crippen LogP contribution in [0.3, 0.4) is 0 Å². The predicted octanol–water partition coefficient (Wildman–Crippen LogP) is 8.46. The summed E-state index contributed by atoms with van der Waals surface area (Å²) in [6.07, 6.45) is 2.08. The molecule has 0 atom stereocenters. The molecule has 0 fully saturated rings. The van der Waals surface area contributed by atoms with E-state index in [1.54, 1.807) is 0 Å². The number of rotatable bonds is 1. The molecular weight excluding hydrogens is 426 g/mol. The third kappa shape index (κ3) is 2.72. The molecule has 0 saturated heterocycles. The van der Waals surface area contributed by atoms with Crippen molar-refractivity contribution in [1.29, 1.82) is 0 Å². The number of H-pyrrole nitrogens is 2. The van der Waals surface area contributed by atoms with Gasteiger partial charge < -0.3 is 15.3 Å². The Hall–Kier alpha value is -4.50. The molecule has 0 spiro atoms. The Balaban J connectivity index is 1.34. The normalized spacial score (nSPS) is 13.1. The minimum atomic E-state index is 1.03. The van der Waals surface area contributed by atoms with E-state index < -0.39 is 0 Å². The monoisotopic (exact) mass is 449 g/mol. The minimum Gasteiger partial charge on any atom is -0.355 e. The molecule has 7 aromatic rings. The van der Waals surface area contributed by atoms with Gasteiger partial charge in [-0.3, -0.25) is 0 Å².